The van der Waals surface area contributed by atoms with Crippen molar-refractivity contribution in [1.29, 1.82) is 0 Å². The Hall–Kier alpha value is -1.56. The van der Waals surface area contributed by atoms with Crippen molar-refractivity contribution in [2.24, 2.45) is 0 Å². The smallest absolute Gasteiger partial charge is 0.280 e. The van der Waals surface area contributed by atoms with E-state index in [0.717, 1.165) is 10.5 Å². The van der Waals surface area contributed by atoms with E-state index >= 15 is 0 Å². The fourth-order valence-electron chi connectivity index (χ4n) is 1.33. The number of hydrogen-bond donors (Lipinski definition) is 1. The molecule has 1 N–H and O–H groups in total. The third-order valence-electron chi connectivity index (χ3n) is 2.10. The highest BCUT2D eigenvalue weighted by Gasteiger charge is 2.12. The summed E-state index contributed by atoms with van der Waals surface area (Å²) in [5.74, 6) is 0.139. The topological polar surface area (TPSA) is 45.8 Å². The van der Waals surface area contributed by atoms with Gasteiger partial charge in [-0.2, -0.15) is 0 Å². The van der Waals surface area contributed by atoms with Crippen molar-refractivity contribution in [2.45, 2.75) is 6.43 Å². The van der Waals surface area contributed by atoms with E-state index < -0.39 is 17.7 Å². The number of alkyl halides is 2. The van der Waals surface area contributed by atoms with Gasteiger partial charge < -0.3 is 4.98 Å². The number of halogens is 3. The summed E-state index contributed by atoms with van der Waals surface area (Å²) in [6, 6.07) is 7.64. The summed E-state index contributed by atoms with van der Waals surface area (Å²) in [4.78, 5) is 17.4. The second-order valence-corrected chi connectivity index (χ2v) is 4.24. The van der Waals surface area contributed by atoms with E-state index in [1.165, 1.54) is 0 Å². The molecule has 0 radical (unpaired) electrons. The SMILES string of the molecule is O=c1cc(C(F)F)nc(-c2ccc(Br)cc2)[nH]1. The molecule has 0 unspecified atom stereocenters. The Morgan fingerprint density at radius 2 is 1.88 bits per heavy atom. The summed E-state index contributed by atoms with van der Waals surface area (Å²) in [6.45, 7) is 0. The predicted octanol–water partition coefficient (Wildman–Crippen LogP) is 3.14. The van der Waals surface area contributed by atoms with Gasteiger partial charge in [0.1, 0.15) is 11.5 Å². The number of aromatic nitrogens is 2. The van der Waals surface area contributed by atoms with Gasteiger partial charge in [-0.3, -0.25) is 4.79 Å². The molecule has 0 amide bonds. The Kier molecular flexibility index (Phi) is 3.33. The Balaban J connectivity index is 2.52. The predicted molar refractivity (Wildman–Crippen MR) is 63.0 cm³/mol. The molecule has 0 spiro atoms. The van der Waals surface area contributed by atoms with E-state index in [4.69, 9.17) is 0 Å². The van der Waals surface area contributed by atoms with Crippen LogP contribution in [-0.2, 0) is 0 Å². The van der Waals surface area contributed by atoms with Crippen LogP contribution in [-0.4, -0.2) is 9.97 Å². The summed E-state index contributed by atoms with van der Waals surface area (Å²) in [5.41, 5.74) is -0.535. The maximum absolute atomic E-state index is 12.5. The molecule has 0 aliphatic rings. The van der Waals surface area contributed by atoms with Crippen molar-refractivity contribution in [2.75, 3.05) is 0 Å². The van der Waals surface area contributed by atoms with Crippen molar-refractivity contribution in [3.8, 4) is 11.4 Å². The second kappa shape index (κ2) is 4.75. The lowest BCUT2D eigenvalue weighted by Crippen LogP contribution is -2.10. The van der Waals surface area contributed by atoms with E-state index in [2.05, 4.69) is 25.9 Å². The first kappa shape index (κ1) is 11.9. The molecule has 2 aromatic rings. The minimum Gasteiger partial charge on any atom is -0.307 e. The van der Waals surface area contributed by atoms with Gasteiger partial charge in [-0.05, 0) is 12.1 Å². The monoisotopic (exact) mass is 300 g/mol. The average molecular weight is 301 g/mol. The molecule has 0 atom stereocenters. The highest BCUT2D eigenvalue weighted by atomic mass is 79.9. The Labute approximate surface area is 104 Å². The van der Waals surface area contributed by atoms with Crippen LogP contribution in [0, 0.1) is 0 Å². The minimum atomic E-state index is -2.76. The van der Waals surface area contributed by atoms with E-state index in [1.807, 2.05) is 0 Å². The van der Waals surface area contributed by atoms with Crippen LogP contribution in [0.25, 0.3) is 11.4 Å². The Morgan fingerprint density at radius 1 is 1.24 bits per heavy atom. The van der Waals surface area contributed by atoms with Crippen LogP contribution >= 0.6 is 15.9 Å². The largest absolute Gasteiger partial charge is 0.307 e. The van der Waals surface area contributed by atoms with Crippen LogP contribution in [0.3, 0.4) is 0 Å². The molecular formula is C11H7BrF2N2O. The molecule has 17 heavy (non-hydrogen) atoms. The number of nitrogens with one attached hydrogen (secondary N) is 1. The summed E-state index contributed by atoms with van der Waals surface area (Å²) in [6.07, 6.45) is -2.76. The fraction of sp³-hybridized carbons (Fsp3) is 0.0909. The second-order valence-electron chi connectivity index (χ2n) is 3.33. The van der Waals surface area contributed by atoms with Crippen LogP contribution in [0.1, 0.15) is 12.1 Å². The highest BCUT2D eigenvalue weighted by Crippen LogP contribution is 2.20. The lowest BCUT2D eigenvalue weighted by molar-refractivity contribution is 0.146. The van der Waals surface area contributed by atoms with Gasteiger partial charge in [-0.15, -0.1) is 0 Å². The quantitative estimate of drug-likeness (QED) is 0.926. The van der Waals surface area contributed by atoms with Crippen LogP contribution in [0.5, 0.6) is 0 Å². The molecule has 0 aliphatic heterocycles. The first-order valence-corrected chi connectivity index (χ1v) is 5.51. The minimum absolute atomic E-state index is 0.139. The van der Waals surface area contributed by atoms with E-state index in [9.17, 15) is 13.6 Å². The number of rotatable bonds is 2. The van der Waals surface area contributed by atoms with E-state index in [1.54, 1.807) is 24.3 Å². The van der Waals surface area contributed by atoms with Crippen molar-refractivity contribution < 1.29 is 8.78 Å². The molecule has 0 aliphatic carbocycles. The zero-order valence-corrected chi connectivity index (χ0v) is 10.0. The van der Waals surface area contributed by atoms with Crippen molar-refractivity contribution >= 4 is 15.9 Å². The maximum Gasteiger partial charge on any atom is 0.280 e. The lowest BCUT2D eigenvalue weighted by Gasteiger charge is -2.03. The van der Waals surface area contributed by atoms with Gasteiger partial charge in [0.05, 0.1) is 0 Å². The van der Waals surface area contributed by atoms with Gasteiger partial charge >= 0.3 is 0 Å². The summed E-state index contributed by atoms with van der Waals surface area (Å²) in [5, 5.41) is 0. The van der Waals surface area contributed by atoms with Gasteiger partial charge in [-0.25, -0.2) is 13.8 Å². The molecule has 0 bridgehead atoms. The van der Waals surface area contributed by atoms with Crippen molar-refractivity contribution in [3.63, 3.8) is 0 Å². The average Bonchev–Trinajstić information content (AvgIpc) is 2.29. The van der Waals surface area contributed by atoms with Gasteiger partial charge in [-0.1, -0.05) is 28.1 Å². The molecule has 1 heterocycles. The summed E-state index contributed by atoms with van der Waals surface area (Å²) >= 11 is 3.26. The lowest BCUT2D eigenvalue weighted by atomic mass is 10.2. The number of nitrogens with zero attached hydrogens (tertiary/aromatic N) is 1. The van der Waals surface area contributed by atoms with Crippen LogP contribution in [0.4, 0.5) is 8.78 Å². The third-order valence-corrected chi connectivity index (χ3v) is 2.63. The highest BCUT2D eigenvalue weighted by molar-refractivity contribution is 9.10. The van der Waals surface area contributed by atoms with Crippen LogP contribution in [0.15, 0.2) is 39.6 Å². The zero-order valence-electron chi connectivity index (χ0n) is 8.45. The molecule has 3 nitrogen and oxygen atoms in total. The number of aromatic amines is 1. The maximum atomic E-state index is 12.5. The number of benzene rings is 1. The molecule has 0 saturated carbocycles. The van der Waals surface area contributed by atoms with Gasteiger partial charge in [0, 0.05) is 16.1 Å². The van der Waals surface area contributed by atoms with E-state index in [0.29, 0.717) is 5.56 Å². The first-order valence-electron chi connectivity index (χ1n) is 4.71. The number of hydrogen-bond acceptors (Lipinski definition) is 2. The van der Waals surface area contributed by atoms with Gasteiger partial charge in [0.2, 0.25) is 0 Å². The molecule has 6 heteroatoms. The van der Waals surface area contributed by atoms with Crippen LogP contribution < -0.4 is 5.56 Å². The molecule has 0 saturated heterocycles. The number of H-pyrrole nitrogens is 1. The fourth-order valence-corrected chi connectivity index (χ4v) is 1.60. The van der Waals surface area contributed by atoms with E-state index in [-0.39, 0.29) is 5.82 Å². The summed E-state index contributed by atoms with van der Waals surface area (Å²) < 4.78 is 25.8. The van der Waals surface area contributed by atoms with Gasteiger partial charge in [0.25, 0.3) is 12.0 Å². The summed E-state index contributed by atoms with van der Waals surface area (Å²) in [7, 11) is 0. The molecular weight excluding hydrogens is 294 g/mol. The molecule has 2 rings (SSSR count). The normalized spacial score (nSPS) is 10.8. The Bertz CT molecular complexity index is 581. The molecule has 0 fully saturated rings. The first-order chi connectivity index (χ1) is 8.06. The van der Waals surface area contributed by atoms with Gasteiger partial charge in [0.15, 0.2) is 0 Å². The van der Waals surface area contributed by atoms with Crippen molar-refractivity contribution in [3.05, 3.63) is 50.9 Å². The molecule has 1 aromatic carbocycles. The molecule has 88 valence electrons. The zero-order chi connectivity index (χ0) is 12.4. The Morgan fingerprint density at radius 3 is 2.47 bits per heavy atom. The van der Waals surface area contributed by atoms with Crippen molar-refractivity contribution in [1.82, 2.24) is 9.97 Å². The third kappa shape index (κ3) is 2.76. The molecule has 1 aromatic heterocycles. The van der Waals surface area contributed by atoms with Crippen LogP contribution in [0.2, 0.25) is 0 Å². The standard InChI is InChI=1S/C11H7BrF2N2O/c12-7-3-1-6(2-4-7)11-15-8(10(13)14)5-9(17)16-11/h1-5,10H,(H,15,16,17).